The quantitative estimate of drug-likeness (QED) is 0.240. The maximum Gasteiger partial charge on any atom is 0.411 e. The van der Waals surface area contributed by atoms with Crippen molar-refractivity contribution in [2.75, 3.05) is 13.7 Å². The van der Waals surface area contributed by atoms with Crippen LogP contribution in [-0.2, 0) is 16.1 Å². The zero-order chi connectivity index (χ0) is 20.3. The number of fused-ring (bicyclic) bond motifs is 1. The van der Waals surface area contributed by atoms with Crippen molar-refractivity contribution >= 4 is 6.09 Å². The van der Waals surface area contributed by atoms with E-state index in [0.717, 1.165) is 16.9 Å². The molecule has 1 fully saturated rings. The van der Waals surface area contributed by atoms with Crippen LogP contribution in [0.1, 0.15) is 32.8 Å². The Morgan fingerprint density at radius 1 is 1.29 bits per heavy atom. The van der Waals surface area contributed by atoms with E-state index in [-0.39, 0.29) is 24.2 Å². The third kappa shape index (κ3) is 4.77. The highest BCUT2D eigenvalue weighted by molar-refractivity contribution is 5.74. The van der Waals surface area contributed by atoms with Gasteiger partial charge in [-0.25, -0.2) is 4.79 Å². The molecule has 8 heteroatoms. The Bertz CT molecular complexity index is 793. The van der Waals surface area contributed by atoms with E-state index in [0.29, 0.717) is 19.6 Å². The van der Waals surface area contributed by atoms with Crippen LogP contribution >= 0.6 is 0 Å². The minimum absolute atomic E-state index is 0.0984. The normalized spacial score (nSPS) is 23.2. The van der Waals surface area contributed by atoms with E-state index in [4.69, 9.17) is 19.7 Å². The van der Waals surface area contributed by atoms with Crippen LogP contribution in [0.3, 0.4) is 0 Å². The number of methoxy groups -OCH3 is 1. The van der Waals surface area contributed by atoms with Crippen LogP contribution in [0.25, 0.3) is 10.4 Å². The molecule has 2 aliphatic rings. The molecule has 1 amide bonds. The molecular weight excluding hydrogens is 360 g/mol. The number of azide groups is 1. The summed E-state index contributed by atoms with van der Waals surface area (Å²) in [5.74, 6) is 0.804. The second-order valence-corrected chi connectivity index (χ2v) is 8.01. The van der Waals surface area contributed by atoms with Gasteiger partial charge < -0.3 is 14.2 Å². The maximum absolute atomic E-state index is 12.4. The average Bonchev–Trinajstić information content (AvgIpc) is 3.36. The van der Waals surface area contributed by atoms with Crippen LogP contribution in [0.15, 0.2) is 41.0 Å². The zero-order valence-corrected chi connectivity index (χ0v) is 16.7. The van der Waals surface area contributed by atoms with Crippen molar-refractivity contribution in [3.63, 3.8) is 0 Å². The number of benzene rings is 1. The summed E-state index contributed by atoms with van der Waals surface area (Å²) < 4.78 is 16.4. The fourth-order valence-corrected chi connectivity index (χ4v) is 3.42. The molecule has 1 aliphatic carbocycles. The maximum atomic E-state index is 12.4. The van der Waals surface area contributed by atoms with Gasteiger partial charge in [0.25, 0.3) is 0 Å². The summed E-state index contributed by atoms with van der Waals surface area (Å²) in [7, 11) is 1.63. The molecule has 8 nitrogen and oxygen atoms in total. The molecule has 150 valence electrons. The second kappa shape index (κ2) is 8.12. The molecule has 0 saturated carbocycles. The Hall–Kier alpha value is -2.70. The average molecular weight is 386 g/mol. The van der Waals surface area contributed by atoms with Crippen LogP contribution in [-0.4, -0.2) is 48.4 Å². The molecule has 1 aliphatic heterocycles. The number of ether oxygens (including phenoxy) is 3. The molecule has 1 aromatic rings. The first-order chi connectivity index (χ1) is 13.3. The molecule has 1 aromatic carbocycles. The molecule has 3 atom stereocenters. The van der Waals surface area contributed by atoms with Gasteiger partial charge >= 0.3 is 6.09 Å². The van der Waals surface area contributed by atoms with Crippen molar-refractivity contribution in [1.29, 1.82) is 0 Å². The van der Waals surface area contributed by atoms with E-state index >= 15 is 0 Å². The number of hydrogen-bond acceptors (Lipinski definition) is 5. The van der Waals surface area contributed by atoms with Crippen molar-refractivity contribution in [2.45, 2.75) is 57.5 Å². The molecule has 1 heterocycles. The lowest BCUT2D eigenvalue weighted by Gasteiger charge is -2.20. The molecule has 3 rings (SSSR count). The predicted molar refractivity (Wildman–Crippen MR) is 104 cm³/mol. The van der Waals surface area contributed by atoms with E-state index in [1.54, 1.807) is 12.0 Å². The molecule has 1 unspecified atom stereocenters. The standard InChI is InChI=1S/C20H26N4O4/c1-20(2,3)28-19(25)24-17-10-14(9-16(18(17)24)22-23-21)12-27-11-13-5-7-15(26-4)8-6-13/h5-8,10,16-18H,9,11-12H2,1-4H3/t16-,17-,18?,24?/m0/s1. The fraction of sp³-hybridized carbons (Fsp3) is 0.550. The van der Waals surface area contributed by atoms with Gasteiger partial charge in [0, 0.05) is 4.91 Å². The Morgan fingerprint density at radius 2 is 2.00 bits per heavy atom. The van der Waals surface area contributed by atoms with Gasteiger partial charge in [0.05, 0.1) is 38.4 Å². The molecule has 0 spiro atoms. The SMILES string of the molecule is COc1ccc(COCC2=C[C@H]3C([C@@H](N=[N+]=[N-])C2)N3C(=O)OC(C)(C)C)cc1. The van der Waals surface area contributed by atoms with E-state index < -0.39 is 5.60 Å². The van der Waals surface area contributed by atoms with Crippen molar-refractivity contribution in [1.82, 2.24) is 4.90 Å². The second-order valence-electron chi connectivity index (χ2n) is 8.01. The molecule has 0 aromatic heterocycles. The molecular formula is C20H26N4O4. The monoisotopic (exact) mass is 386 g/mol. The van der Waals surface area contributed by atoms with Gasteiger partial charge in [-0.1, -0.05) is 23.3 Å². The van der Waals surface area contributed by atoms with Gasteiger partial charge in [0.15, 0.2) is 0 Å². The Labute approximate surface area is 164 Å². The molecule has 0 N–H and O–H groups in total. The predicted octanol–water partition coefficient (Wildman–Crippen LogP) is 4.21. The first-order valence-corrected chi connectivity index (χ1v) is 9.28. The first-order valence-electron chi connectivity index (χ1n) is 9.28. The topological polar surface area (TPSA) is 96.5 Å². The largest absolute Gasteiger partial charge is 0.497 e. The molecule has 28 heavy (non-hydrogen) atoms. The van der Waals surface area contributed by atoms with E-state index in [2.05, 4.69) is 10.0 Å². The lowest BCUT2D eigenvalue weighted by molar-refractivity contribution is 0.0396. The lowest BCUT2D eigenvalue weighted by Crippen LogP contribution is -2.29. The van der Waals surface area contributed by atoms with Crippen molar-refractivity contribution in [3.8, 4) is 5.75 Å². The Balaban J connectivity index is 1.60. The third-order valence-electron chi connectivity index (χ3n) is 4.69. The number of carbonyl (C=O) groups is 1. The van der Waals surface area contributed by atoms with Crippen LogP contribution in [0.2, 0.25) is 0 Å². The number of amides is 1. The number of hydrogen-bond donors (Lipinski definition) is 0. The molecule has 0 bridgehead atoms. The highest BCUT2D eigenvalue weighted by Gasteiger charge is 2.57. The highest BCUT2D eigenvalue weighted by Crippen LogP contribution is 2.42. The van der Waals surface area contributed by atoms with Crippen LogP contribution in [0.4, 0.5) is 4.79 Å². The minimum Gasteiger partial charge on any atom is -0.497 e. The van der Waals surface area contributed by atoms with Gasteiger partial charge in [0.1, 0.15) is 11.4 Å². The van der Waals surface area contributed by atoms with Gasteiger partial charge in [0.2, 0.25) is 0 Å². The minimum atomic E-state index is -0.565. The zero-order valence-electron chi connectivity index (χ0n) is 16.7. The van der Waals surface area contributed by atoms with E-state index in [9.17, 15) is 4.79 Å². The summed E-state index contributed by atoms with van der Waals surface area (Å²) in [6, 6.07) is 7.17. The fourth-order valence-electron chi connectivity index (χ4n) is 3.42. The van der Waals surface area contributed by atoms with Crippen LogP contribution in [0.5, 0.6) is 5.75 Å². The Kier molecular flexibility index (Phi) is 5.82. The van der Waals surface area contributed by atoms with Gasteiger partial charge in [-0.2, -0.15) is 0 Å². The van der Waals surface area contributed by atoms with Gasteiger partial charge in [-0.3, -0.25) is 4.90 Å². The summed E-state index contributed by atoms with van der Waals surface area (Å²) in [5.41, 5.74) is 10.4. The lowest BCUT2D eigenvalue weighted by atomic mass is 9.96. The van der Waals surface area contributed by atoms with E-state index in [1.165, 1.54) is 0 Å². The summed E-state index contributed by atoms with van der Waals surface area (Å²) in [5, 5.41) is 3.89. The summed E-state index contributed by atoms with van der Waals surface area (Å²) >= 11 is 0. The summed E-state index contributed by atoms with van der Waals surface area (Å²) in [6.45, 7) is 6.39. The van der Waals surface area contributed by atoms with Gasteiger partial charge in [-0.05, 0) is 56.0 Å². The molecule has 1 saturated heterocycles. The number of rotatable bonds is 6. The van der Waals surface area contributed by atoms with Crippen LogP contribution < -0.4 is 4.74 Å². The van der Waals surface area contributed by atoms with Crippen molar-refractivity contribution < 1.29 is 19.0 Å². The number of carbonyl (C=O) groups excluding carboxylic acids is 1. The van der Waals surface area contributed by atoms with Crippen LogP contribution in [0, 0.1) is 0 Å². The van der Waals surface area contributed by atoms with Crippen molar-refractivity contribution in [3.05, 3.63) is 51.9 Å². The summed E-state index contributed by atoms with van der Waals surface area (Å²) in [6.07, 6.45) is 2.23. The third-order valence-corrected chi connectivity index (χ3v) is 4.69. The van der Waals surface area contributed by atoms with E-state index in [1.807, 2.05) is 51.1 Å². The smallest absolute Gasteiger partial charge is 0.411 e. The Morgan fingerprint density at radius 3 is 2.61 bits per heavy atom. The molecule has 0 radical (unpaired) electrons. The van der Waals surface area contributed by atoms with Crippen molar-refractivity contribution in [2.24, 2.45) is 5.11 Å². The summed E-state index contributed by atoms with van der Waals surface area (Å²) in [4.78, 5) is 17.0. The van der Waals surface area contributed by atoms with Gasteiger partial charge in [-0.15, -0.1) is 0 Å². The highest BCUT2D eigenvalue weighted by atomic mass is 16.6. The first kappa shape index (κ1) is 20.0. The number of nitrogens with zero attached hydrogens (tertiary/aromatic N) is 4.